The van der Waals surface area contributed by atoms with Gasteiger partial charge >= 0.3 is 0 Å². The molecule has 5 aromatic heterocycles. The van der Waals surface area contributed by atoms with Crippen LogP contribution in [0.25, 0.3) is 166 Å². The molecule has 428 valence electrons. The Morgan fingerprint density at radius 1 is 0.220 bits per heavy atom. The average molecular weight is 1180 g/mol. The lowest BCUT2D eigenvalue weighted by atomic mass is 10.0. The van der Waals surface area contributed by atoms with E-state index in [1.165, 1.54) is 21.5 Å². The van der Waals surface area contributed by atoms with Gasteiger partial charge in [-0.2, -0.15) is 0 Å². The molecule has 0 bridgehead atoms. The third kappa shape index (κ3) is 8.35. The van der Waals surface area contributed by atoms with Crippen molar-refractivity contribution in [1.82, 2.24) is 28.2 Å². The number of fused-ring (bicyclic) bond motifs is 12. The number of hydrogen-bond acceptors (Lipinski definition) is 2. The molecular formula is C82H49F3N6. The molecule has 0 unspecified atom stereocenters. The highest BCUT2D eigenvalue weighted by atomic mass is 19.1. The average Bonchev–Trinajstić information content (AvgIpc) is 1.65. The van der Waals surface area contributed by atoms with Gasteiger partial charge in [-0.3, -0.25) is 0 Å². The largest absolute Gasteiger partial charge is 0.309 e. The summed E-state index contributed by atoms with van der Waals surface area (Å²) < 4.78 is 55.4. The molecule has 0 spiro atoms. The zero-order chi connectivity index (χ0) is 60.4. The summed E-state index contributed by atoms with van der Waals surface area (Å²) in [5.41, 5.74) is 18.6. The maximum atomic E-state index is 15.8. The molecule has 0 aliphatic heterocycles. The molecule has 5 heterocycles. The monoisotopic (exact) mass is 1170 g/mol. The van der Waals surface area contributed by atoms with Gasteiger partial charge in [-0.05, 0) is 162 Å². The van der Waals surface area contributed by atoms with E-state index in [1.54, 1.807) is 6.07 Å². The normalized spacial score (nSPS) is 11.9. The van der Waals surface area contributed by atoms with Crippen LogP contribution in [0.1, 0.15) is 0 Å². The number of rotatable bonds is 9. The van der Waals surface area contributed by atoms with E-state index >= 15 is 8.78 Å². The van der Waals surface area contributed by atoms with Gasteiger partial charge < -0.3 is 18.3 Å². The molecular weight excluding hydrogens is 1130 g/mol. The number of hydrogen-bond donors (Lipinski definition) is 0. The minimum atomic E-state index is -1.06. The summed E-state index contributed by atoms with van der Waals surface area (Å²) in [6.07, 6.45) is 0. The van der Waals surface area contributed by atoms with Crippen molar-refractivity contribution in [1.29, 1.82) is 0 Å². The summed E-state index contributed by atoms with van der Waals surface area (Å²) in [5, 5.41) is 9.23. The number of para-hydroxylation sites is 6. The first-order chi connectivity index (χ1) is 44.8. The van der Waals surface area contributed by atoms with Gasteiger partial charge in [0.2, 0.25) is 0 Å². The Labute approximate surface area is 519 Å². The van der Waals surface area contributed by atoms with Crippen molar-refractivity contribution in [2.75, 3.05) is 0 Å². The second-order valence-electron chi connectivity index (χ2n) is 23.3. The molecule has 0 atom stereocenters. The lowest BCUT2D eigenvalue weighted by Crippen LogP contribution is -2.00. The van der Waals surface area contributed by atoms with Crippen molar-refractivity contribution in [3.63, 3.8) is 0 Å². The van der Waals surface area contributed by atoms with E-state index in [2.05, 4.69) is 237 Å². The van der Waals surface area contributed by atoms with Crippen LogP contribution < -0.4 is 0 Å². The van der Waals surface area contributed by atoms with Crippen molar-refractivity contribution in [3.05, 3.63) is 315 Å². The Morgan fingerprint density at radius 2 is 0.505 bits per heavy atom. The van der Waals surface area contributed by atoms with Gasteiger partial charge in [0.15, 0.2) is 5.82 Å². The number of benzene rings is 13. The zero-order valence-electron chi connectivity index (χ0n) is 48.6. The fraction of sp³-hybridized carbons (Fsp3) is 0. The number of aromatic nitrogens is 6. The van der Waals surface area contributed by atoms with Gasteiger partial charge in [0.25, 0.3) is 0 Å². The van der Waals surface area contributed by atoms with E-state index in [4.69, 9.17) is 9.97 Å². The molecule has 0 N–H and O–H groups in total. The second-order valence-corrected chi connectivity index (χ2v) is 23.3. The first kappa shape index (κ1) is 52.1. The highest BCUT2D eigenvalue weighted by molar-refractivity contribution is 6.15. The summed E-state index contributed by atoms with van der Waals surface area (Å²) in [6.45, 7) is 0. The van der Waals surface area contributed by atoms with Crippen LogP contribution in [0.15, 0.2) is 297 Å². The lowest BCUT2D eigenvalue weighted by Gasteiger charge is -2.13. The highest BCUT2D eigenvalue weighted by Crippen LogP contribution is 2.42. The Balaban J connectivity index is 0.699. The summed E-state index contributed by atoms with van der Waals surface area (Å²) >= 11 is 0. The minimum Gasteiger partial charge on any atom is -0.309 e. The summed E-state index contributed by atoms with van der Waals surface area (Å²) in [4.78, 5) is 9.90. The molecule has 0 saturated heterocycles. The van der Waals surface area contributed by atoms with Gasteiger partial charge in [0.1, 0.15) is 17.5 Å². The van der Waals surface area contributed by atoms with Crippen molar-refractivity contribution >= 4 is 87.2 Å². The van der Waals surface area contributed by atoms with Crippen LogP contribution in [0.3, 0.4) is 0 Å². The van der Waals surface area contributed by atoms with E-state index in [9.17, 15) is 4.39 Å². The van der Waals surface area contributed by atoms with Crippen LogP contribution in [0.5, 0.6) is 0 Å². The standard InChI is InChI=1S/C82H49F3N6/c83-56-47-69(84)81(70(85)48-56)72-49-71(50-27-35-59(36-28-50)90-75-25-13-9-21-63(75)67-45-54(33-41-79(67)90)52-31-39-77-65(43-52)61-19-7-11-23-73(61)88(77)57-15-3-1-4-16-57)86-82(87-72)51-29-37-60(38-30-51)91-76-26-14-10-22-64(76)68-46-55(34-42-80(68)91)53-32-40-78-66(44-53)62-20-8-12-24-74(62)89(78)58-17-5-2-6-18-58/h1-49H. The molecule has 0 fully saturated rings. The van der Waals surface area contributed by atoms with Crippen LogP contribution >= 0.6 is 0 Å². The highest BCUT2D eigenvalue weighted by Gasteiger charge is 2.22. The van der Waals surface area contributed by atoms with E-state index in [-0.39, 0.29) is 11.5 Å². The van der Waals surface area contributed by atoms with Gasteiger partial charge in [-0.1, -0.05) is 146 Å². The first-order valence-electron chi connectivity index (χ1n) is 30.4. The first-order valence-corrected chi connectivity index (χ1v) is 30.4. The van der Waals surface area contributed by atoms with Gasteiger partial charge in [0, 0.05) is 89.1 Å². The predicted octanol–water partition coefficient (Wildman–Crippen LogP) is 21.6. The van der Waals surface area contributed by atoms with Crippen LogP contribution in [-0.2, 0) is 0 Å². The molecule has 9 heteroatoms. The molecule has 0 amide bonds. The fourth-order valence-corrected chi connectivity index (χ4v) is 14.1. The molecule has 18 rings (SSSR count). The molecule has 0 aliphatic carbocycles. The van der Waals surface area contributed by atoms with E-state index in [0.29, 0.717) is 29.0 Å². The third-order valence-corrected chi connectivity index (χ3v) is 18.2. The van der Waals surface area contributed by atoms with Gasteiger partial charge in [-0.25, -0.2) is 23.1 Å². The molecule has 18 aromatic rings. The molecule has 91 heavy (non-hydrogen) atoms. The maximum Gasteiger partial charge on any atom is 0.160 e. The number of halogens is 3. The van der Waals surface area contributed by atoms with Crippen LogP contribution in [0, 0.1) is 17.5 Å². The topological polar surface area (TPSA) is 45.5 Å². The Morgan fingerprint density at radius 3 is 0.868 bits per heavy atom. The summed E-state index contributed by atoms with van der Waals surface area (Å²) in [7, 11) is 0. The molecule has 0 aliphatic rings. The van der Waals surface area contributed by atoms with E-state index in [1.807, 2.05) is 60.7 Å². The second kappa shape index (κ2) is 20.5. The summed E-state index contributed by atoms with van der Waals surface area (Å²) in [5.74, 6) is -2.89. The smallest absolute Gasteiger partial charge is 0.160 e. The van der Waals surface area contributed by atoms with Crippen LogP contribution in [-0.4, -0.2) is 28.2 Å². The van der Waals surface area contributed by atoms with Crippen molar-refractivity contribution < 1.29 is 13.2 Å². The quantitative estimate of drug-likeness (QED) is 0.145. The maximum absolute atomic E-state index is 15.8. The van der Waals surface area contributed by atoms with Crippen molar-refractivity contribution in [3.8, 4) is 78.9 Å². The Kier molecular flexibility index (Phi) is 11.7. The van der Waals surface area contributed by atoms with Crippen LogP contribution in [0.2, 0.25) is 0 Å². The van der Waals surface area contributed by atoms with E-state index < -0.39 is 23.0 Å². The summed E-state index contributed by atoms with van der Waals surface area (Å²) in [6, 6.07) is 101. The molecule has 0 radical (unpaired) electrons. The molecule has 6 nitrogen and oxygen atoms in total. The predicted molar refractivity (Wildman–Crippen MR) is 366 cm³/mol. The molecule has 0 saturated carbocycles. The van der Waals surface area contributed by atoms with Gasteiger partial charge in [-0.15, -0.1) is 0 Å². The van der Waals surface area contributed by atoms with E-state index in [0.717, 1.165) is 111 Å². The lowest BCUT2D eigenvalue weighted by molar-refractivity contribution is 0.547. The van der Waals surface area contributed by atoms with Crippen LogP contribution in [0.4, 0.5) is 13.2 Å². The third-order valence-electron chi connectivity index (χ3n) is 18.2. The number of nitrogens with zero attached hydrogens (tertiary/aromatic N) is 6. The Bertz CT molecular complexity index is 5620. The van der Waals surface area contributed by atoms with Crippen molar-refractivity contribution in [2.45, 2.75) is 0 Å². The Hall–Kier alpha value is -12.1. The molecule has 13 aromatic carbocycles. The van der Waals surface area contributed by atoms with Crippen molar-refractivity contribution in [2.24, 2.45) is 0 Å². The SMILES string of the molecule is Fc1cc(F)c(-c2cc(-c3ccc(-n4c5ccccc5c5cc(-c6ccc7c(c6)c6ccccc6n7-c6ccccc6)ccc54)cc3)nc(-c3ccc(-n4c5ccccc5c5cc(-c6ccc7c(c6)c6ccccc6n7-c6ccccc6)ccc54)cc3)n2)c(F)c1. The zero-order valence-corrected chi connectivity index (χ0v) is 48.6. The van der Waals surface area contributed by atoms with Gasteiger partial charge in [0.05, 0.1) is 61.1 Å². The fourth-order valence-electron chi connectivity index (χ4n) is 14.1. The minimum absolute atomic E-state index is 0.0123.